The average molecular weight is 345 g/mol. The van der Waals surface area contributed by atoms with Gasteiger partial charge in [0.25, 0.3) is 5.56 Å². The molecule has 0 amide bonds. The third-order valence-corrected chi connectivity index (χ3v) is 3.90. The van der Waals surface area contributed by atoms with Gasteiger partial charge in [-0.3, -0.25) is 14.3 Å². The number of H-pyrrole nitrogens is 1. The molecule has 0 fully saturated rings. The first-order chi connectivity index (χ1) is 11.9. The lowest BCUT2D eigenvalue weighted by molar-refractivity contribution is -0.143. The Labute approximate surface area is 143 Å². The van der Waals surface area contributed by atoms with Crippen LogP contribution in [0.1, 0.15) is 18.2 Å². The highest BCUT2D eigenvalue weighted by atomic mass is 16.6. The van der Waals surface area contributed by atoms with E-state index in [-0.39, 0.29) is 6.61 Å². The van der Waals surface area contributed by atoms with E-state index in [1.165, 1.54) is 10.8 Å². The van der Waals surface area contributed by atoms with E-state index in [0.717, 1.165) is 0 Å². The van der Waals surface area contributed by atoms with E-state index in [2.05, 4.69) is 4.98 Å². The Hall–Kier alpha value is -2.87. The number of carbonyl (C=O) groups excluding carboxylic acids is 1. The van der Waals surface area contributed by atoms with Gasteiger partial charge >= 0.3 is 11.7 Å². The summed E-state index contributed by atoms with van der Waals surface area (Å²) in [7, 11) is 1.83. The number of hydrogen-bond acceptors (Lipinski definition) is 6. The van der Waals surface area contributed by atoms with E-state index in [0.29, 0.717) is 17.6 Å². The van der Waals surface area contributed by atoms with Crippen molar-refractivity contribution in [2.45, 2.75) is 25.7 Å². The quantitative estimate of drug-likeness (QED) is 0.634. The van der Waals surface area contributed by atoms with Crippen molar-refractivity contribution in [2.75, 3.05) is 13.7 Å². The normalized spacial score (nSPS) is 22.2. The van der Waals surface area contributed by atoms with Crippen LogP contribution in [0.4, 0.5) is 0 Å². The van der Waals surface area contributed by atoms with Crippen LogP contribution in [-0.4, -0.2) is 40.2 Å². The first-order valence-corrected chi connectivity index (χ1v) is 7.86. The number of allylic oxidation sites excluding steroid dienone is 1. The zero-order valence-electron chi connectivity index (χ0n) is 14.0. The Kier molecular flexibility index (Phi) is 4.71. The minimum atomic E-state index is -0.644. The molecule has 0 saturated heterocycles. The van der Waals surface area contributed by atoms with Gasteiger partial charge in [0.05, 0.1) is 5.57 Å². The number of esters is 1. The van der Waals surface area contributed by atoms with Gasteiger partial charge in [-0.15, -0.1) is 0 Å². The van der Waals surface area contributed by atoms with Crippen molar-refractivity contribution in [3.63, 3.8) is 0 Å². The lowest BCUT2D eigenvalue weighted by Gasteiger charge is -2.18. The van der Waals surface area contributed by atoms with Gasteiger partial charge in [-0.25, -0.2) is 9.59 Å². The van der Waals surface area contributed by atoms with Crippen molar-refractivity contribution in [1.29, 1.82) is 0 Å². The van der Waals surface area contributed by atoms with Crippen molar-refractivity contribution in [3.8, 4) is 0 Å². The van der Waals surface area contributed by atoms with Crippen LogP contribution in [0.25, 0.3) is 0 Å². The zero-order valence-corrected chi connectivity index (χ0v) is 14.0. The minimum absolute atomic E-state index is 0.0493. The SMILES string of the molecule is Cc1cn([C@H]2C=C[C@@H](COC(=O)C3=CN(C)C=CC3)O2)c(=O)[nH]c1=O. The van der Waals surface area contributed by atoms with Crippen molar-refractivity contribution in [3.05, 3.63) is 68.8 Å². The number of aromatic nitrogens is 2. The predicted molar refractivity (Wildman–Crippen MR) is 89.7 cm³/mol. The second-order valence-electron chi connectivity index (χ2n) is 5.94. The number of rotatable bonds is 4. The van der Waals surface area contributed by atoms with Crippen LogP contribution in [0.5, 0.6) is 0 Å². The third-order valence-electron chi connectivity index (χ3n) is 3.90. The molecule has 0 aromatic carbocycles. The maximum atomic E-state index is 12.1. The molecule has 0 radical (unpaired) electrons. The lowest BCUT2D eigenvalue weighted by Crippen LogP contribution is -2.33. The second-order valence-corrected chi connectivity index (χ2v) is 5.94. The average Bonchev–Trinajstić information content (AvgIpc) is 3.04. The molecule has 2 atom stereocenters. The number of aryl methyl sites for hydroxylation is 1. The molecule has 0 bridgehead atoms. The van der Waals surface area contributed by atoms with E-state index in [4.69, 9.17) is 9.47 Å². The molecule has 3 rings (SSSR count). The maximum Gasteiger partial charge on any atom is 0.335 e. The number of nitrogens with zero attached hydrogens (tertiary/aromatic N) is 2. The van der Waals surface area contributed by atoms with Crippen LogP contribution in [0.15, 0.2) is 52.0 Å². The molecule has 2 aliphatic rings. The first-order valence-electron chi connectivity index (χ1n) is 7.86. The Bertz CT molecular complexity index is 877. The van der Waals surface area contributed by atoms with Gasteiger partial charge < -0.3 is 14.4 Å². The second kappa shape index (κ2) is 6.94. The van der Waals surface area contributed by atoms with E-state index in [1.54, 1.807) is 30.2 Å². The summed E-state index contributed by atoms with van der Waals surface area (Å²) in [6.45, 7) is 1.66. The summed E-state index contributed by atoms with van der Waals surface area (Å²) in [5.74, 6) is -0.395. The molecule has 0 aliphatic carbocycles. The molecule has 132 valence electrons. The zero-order chi connectivity index (χ0) is 18.0. The Morgan fingerprint density at radius 1 is 1.40 bits per heavy atom. The summed E-state index contributed by atoms with van der Waals surface area (Å²) < 4.78 is 12.3. The predicted octanol–water partition coefficient (Wildman–Crippen LogP) is 0.575. The fourth-order valence-corrected chi connectivity index (χ4v) is 2.59. The summed E-state index contributed by atoms with van der Waals surface area (Å²) >= 11 is 0. The number of carbonyl (C=O) groups is 1. The number of nitrogens with one attached hydrogen (secondary N) is 1. The summed E-state index contributed by atoms with van der Waals surface area (Å²) in [6.07, 6.45) is 9.76. The summed E-state index contributed by atoms with van der Waals surface area (Å²) in [4.78, 5) is 39.4. The number of ether oxygens (including phenoxy) is 2. The summed E-state index contributed by atoms with van der Waals surface area (Å²) in [6, 6.07) is 0. The van der Waals surface area contributed by atoms with Crippen LogP contribution in [-0.2, 0) is 14.3 Å². The molecule has 0 saturated carbocycles. The van der Waals surface area contributed by atoms with Crippen molar-refractivity contribution in [2.24, 2.45) is 0 Å². The van der Waals surface area contributed by atoms with Crippen LogP contribution in [0.2, 0.25) is 0 Å². The van der Waals surface area contributed by atoms with E-state index >= 15 is 0 Å². The number of aromatic amines is 1. The molecule has 0 spiro atoms. The summed E-state index contributed by atoms with van der Waals surface area (Å²) in [5, 5.41) is 0. The van der Waals surface area contributed by atoms with Gasteiger partial charge in [-0.05, 0) is 19.2 Å². The van der Waals surface area contributed by atoms with Gasteiger partial charge in [-0.2, -0.15) is 0 Å². The van der Waals surface area contributed by atoms with Crippen LogP contribution in [0.3, 0.4) is 0 Å². The van der Waals surface area contributed by atoms with E-state index in [9.17, 15) is 14.4 Å². The largest absolute Gasteiger partial charge is 0.459 e. The van der Waals surface area contributed by atoms with Gasteiger partial charge in [0.1, 0.15) is 12.7 Å². The third kappa shape index (κ3) is 3.80. The number of hydrogen-bond donors (Lipinski definition) is 1. The van der Waals surface area contributed by atoms with Crippen LogP contribution in [0, 0.1) is 6.92 Å². The first kappa shape index (κ1) is 17.0. The molecule has 3 heterocycles. The Morgan fingerprint density at radius 3 is 2.96 bits per heavy atom. The van der Waals surface area contributed by atoms with Gasteiger partial charge in [0.15, 0.2) is 6.23 Å². The standard InChI is InChI=1S/C17H19N3O5/c1-11-8-20(17(23)18-15(11)21)14-6-5-13(25-14)10-24-16(22)12-4-3-7-19(2)9-12/h3,5-9,13-14H,4,10H2,1-2H3,(H,18,21,23)/t13-,14+/m0/s1. The molecule has 1 aromatic rings. The fourth-order valence-electron chi connectivity index (χ4n) is 2.59. The van der Waals surface area contributed by atoms with Gasteiger partial charge in [0, 0.05) is 31.4 Å². The molecular formula is C17H19N3O5. The Morgan fingerprint density at radius 2 is 2.20 bits per heavy atom. The molecule has 1 N–H and O–H groups in total. The molecular weight excluding hydrogens is 326 g/mol. The molecule has 2 aliphatic heterocycles. The van der Waals surface area contributed by atoms with Gasteiger partial charge in [0.2, 0.25) is 0 Å². The van der Waals surface area contributed by atoms with E-state index in [1.807, 2.05) is 19.3 Å². The maximum absolute atomic E-state index is 12.1. The van der Waals surface area contributed by atoms with Crippen molar-refractivity contribution < 1.29 is 14.3 Å². The van der Waals surface area contributed by atoms with Crippen LogP contribution < -0.4 is 11.2 Å². The molecule has 1 aromatic heterocycles. The van der Waals surface area contributed by atoms with Gasteiger partial charge in [-0.1, -0.05) is 12.2 Å². The highest BCUT2D eigenvalue weighted by molar-refractivity contribution is 5.88. The molecule has 8 heteroatoms. The fraction of sp³-hybridized carbons (Fsp3) is 0.353. The van der Waals surface area contributed by atoms with E-state index < -0.39 is 29.6 Å². The molecule has 8 nitrogen and oxygen atoms in total. The Balaban J connectivity index is 1.58. The topological polar surface area (TPSA) is 93.6 Å². The summed E-state index contributed by atoms with van der Waals surface area (Å²) in [5.41, 5.74) is 0.00227. The molecule has 25 heavy (non-hydrogen) atoms. The minimum Gasteiger partial charge on any atom is -0.459 e. The van der Waals surface area contributed by atoms with Crippen LogP contribution >= 0.6 is 0 Å². The molecule has 0 unspecified atom stereocenters. The highest BCUT2D eigenvalue weighted by Gasteiger charge is 2.24. The smallest absolute Gasteiger partial charge is 0.335 e. The highest BCUT2D eigenvalue weighted by Crippen LogP contribution is 2.20. The van der Waals surface area contributed by atoms with Crippen molar-refractivity contribution >= 4 is 5.97 Å². The monoisotopic (exact) mass is 345 g/mol. The van der Waals surface area contributed by atoms with Crippen molar-refractivity contribution in [1.82, 2.24) is 14.5 Å². The lowest BCUT2D eigenvalue weighted by atomic mass is 10.1.